The molecule has 6 heteroatoms. The number of imidazole rings is 1. The van der Waals surface area contributed by atoms with Crippen LogP contribution < -0.4 is 0 Å². The molecule has 0 spiro atoms. The van der Waals surface area contributed by atoms with Gasteiger partial charge in [-0.3, -0.25) is 0 Å². The second kappa shape index (κ2) is 3.99. The van der Waals surface area contributed by atoms with Gasteiger partial charge < -0.3 is 14.2 Å². The molecular formula is C14H17N5O. The number of nitrogens with zero attached hydrogens (tertiary/aromatic N) is 5. The molecule has 3 atom stereocenters. The molecule has 2 aromatic heterocycles. The van der Waals surface area contributed by atoms with Crippen LogP contribution in [0.2, 0.25) is 0 Å². The minimum Gasteiger partial charge on any atom is -0.372 e. The van der Waals surface area contributed by atoms with Crippen molar-refractivity contribution in [2.24, 2.45) is 5.92 Å². The van der Waals surface area contributed by atoms with Crippen LogP contribution >= 0.6 is 0 Å². The molecule has 0 radical (unpaired) electrons. The Morgan fingerprint density at radius 2 is 2.20 bits per heavy atom. The number of fused-ring (bicyclic) bond motifs is 5. The summed E-state index contributed by atoms with van der Waals surface area (Å²) >= 11 is 0. The van der Waals surface area contributed by atoms with Crippen LogP contribution in [-0.2, 0) is 17.9 Å². The van der Waals surface area contributed by atoms with E-state index in [2.05, 4.69) is 19.4 Å². The Bertz CT molecular complexity index is 681. The molecule has 2 saturated heterocycles. The minimum absolute atomic E-state index is 0.534. The summed E-state index contributed by atoms with van der Waals surface area (Å²) in [5.74, 6) is 2.28. The number of hydrogen-bond acceptors (Lipinski definition) is 5. The maximum Gasteiger partial charge on any atom is 0.163 e. The summed E-state index contributed by atoms with van der Waals surface area (Å²) in [4.78, 5) is 16.4. The average molecular weight is 271 g/mol. The Morgan fingerprint density at radius 3 is 3.05 bits per heavy atom. The molecule has 20 heavy (non-hydrogen) atoms. The van der Waals surface area contributed by atoms with Crippen molar-refractivity contribution < 1.29 is 4.74 Å². The fraction of sp³-hybridized carbons (Fsp3) is 0.643. The summed E-state index contributed by atoms with van der Waals surface area (Å²) in [7, 11) is 0. The average Bonchev–Trinajstić information content (AvgIpc) is 3.19. The van der Waals surface area contributed by atoms with Gasteiger partial charge in [-0.2, -0.15) is 0 Å². The fourth-order valence-corrected chi connectivity index (χ4v) is 4.03. The highest BCUT2D eigenvalue weighted by Gasteiger charge is 2.40. The van der Waals surface area contributed by atoms with Gasteiger partial charge in [-0.05, 0) is 18.9 Å². The van der Waals surface area contributed by atoms with Gasteiger partial charge in [-0.15, -0.1) is 0 Å². The number of piperidine rings is 1. The molecule has 2 aromatic rings. The zero-order valence-corrected chi connectivity index (χ0v) is 11.3. The molecule has 3 aliphatic rings. The van der Waals surface area contributed by atoms with E-state index in [1.165, 1.54) is 19.5 Å². The third-order valence-corrected chi connectivity index (χ3v) is 5.01. The lowest BCUT2D eigenvalue weighted by molar-refractivity contribution is 0.0828. The lowest BCUT2D eigenvalue weighted by Gasteiger charge is -2.21. The molecule has 5 rings (SSSR count). The molecule has 2 fully saturated rings. The number of rotatable bonds is 1. The van der Waals surface area contributed by atoms with Crippen LogP contribution in [0.5, 0.6) is 0 Å². The minimum atomic E-state index is 0.534. The van der Waals surface area contributed by atoms with E-state index in [1.807, 2.05) is 0 Å². The maximum atomic E-state index is 5.50. The summed E-state index contributed by atoms with van der Waals surface area (Å²) in [6.45, 7) is 5.81. The zero-order chi connectivity index (χ0) is 13.1. The summed E-state index contributed by atoms with van der Waals surface area (Å²) in [5.41, 5.74) is 3.15. The molecule has 5 heterocycles. The van der Waals surface area contributed by atoms with Gasteiger partial charge in [0.05, 0.1) is 12.3 Å². The monoisotopic (exact) mass is 271 g/mol. The van der Waals surface area contributed by atoms with Gasteiger partial charge in [-0.25, -0.2) is 15.0 Å². The second-order valence-electron chi connectivity index (χ2n) is 6.08. The molecule has 0 N–H and O–H groups in total. The van der Waals surface area contributed by atoms with Crippen molar-refractivity contribution in [1.82, 2.24) is 24.4 Å². The van der Waals surface area contributed by atoms with E-state index in [4.69, 9.17) is 9.72 Å². The van der Waals surface area contributed by atoms with Crippen LogP contribution in [0.25, 0.3) is 11.2 Å². The molecular weight excluding hydrogens is 254 g/mol. The Morgan fingerprint density at radius 1 is 1.20 bits per heavy atom. The lowest BCUT2D eigenvalue weighted by Crippen LogP contribution is -2.23. The first-order valence-electron chi connectivity index (χ1n) is 7.40. The quantitative estimate of drug-likeness (QED) is 0.767. The van der Waals surface area contributed by atoms with E-state index < -0.39 is 0 Å². The van der Waals surface area contributed by atoms with Crippen molar-refractivity contribution in [2.75, 3.05) is 26.2 Å². The Kier molecular flexibility index (Phi) is 2.23. The van der Waals surface area contributed by atoms with E-state index in [0.29, 0.717) is 12.5 Å². The normalized spacial score (nSPS) is 31.9. The Labute approximate surface area is 116 Å². The first-order chi connectivity index (χ1) is 9.90. The molecule has 6 nitrogen and oxygen atoms in total. The van der Waals surface area contributed by atoms with Crippen molar-refractivity contribution >= 4 is 11.2 Å². The molecule has 104 valence electrons. The smallest absolute Gasteiger partial charge is 0.163 e. The number of aromatic nitrogens is 4. The molecule has 0 amide bonds. The summed E-state index contributed by atoms with van der Waals surface area (Å²) < 4.78 is 7.69. The van der Waals surface area contributed by atoms with Crippen molar-refractivity contribution in [3.05, 3.63) is 17.8 Å². The van der Waals surface area contributed by atoms with Crippen LogP contribution in [0.4, 0.5) is 0 Å². The zero-order valence-electron chi connectivity index (χ0n) is 11.3. The Hall–Kier alpha value is -1.53. The van der Waals surface area contributed by atoms with Gasteiger partial charge in [0.25, 0.3) is 0 Å². The molecule has 3 aliphatic heterocycles. The third kappa shape index (κ3) is 1.43. The predicted octanol–water partition coefficient (Wildman–Crippen LogP) is 0.776. The molecule has 0 aliphatic carbocycles. The van der Waals surface area contributed by atoms with Crippen LogP contribution in [-0.4, -0.2) is 50.7 Å². The third-order valence-electron chi connectivity index (χ3n) is 5.01. The molecule has 2 bridgehead atoms. The maximum absolute atomic E-state index is 5.50. The van der Waals surface area contributed by atoms with Crippen molar-refractivity contribution in [3.63, 3.8) is 0 Å². The second-order valence-corrected chi connectivity index (χ2v) is 6.08. The number of ether oxygens (including phenoxy) is 1. The van der Waals surface area contributed by atoms with E-state index in [9.17, 15) is 0 Å². The molecule has 0 saturated carbocycles. The number of hydrogen-bond donors (Lipinski definition) is 0. The van der Waals surface area contributed by atoms with Gasteiger partial charge in [0.15, 0.2) is 5.65 Å². The fourth-order valence-electron chi connectivity index (χ4n) is 4.03. The van der Waals surface area contributed by atoms with Crippen LogP contribution in [0, 0.1) is 5.92 Å². The van der Waals surface area contributed by atoms with Gasteiger partial charge in [-0.1, -0.05) is 0 Å². The highest BCUT2D eigenvalue weighted by molar-refractivity contribution is 5.75. The summed E-state index contributed by atoms with van der Waals surface area (Å²) in [5, 5.41) is 0. The first kappa shape index (κ1) is 11.2. The van der Waals surface area contributed by atoms with Crippen LogP contribution in [0.1, 0.15) is 23.9 Å². The first-order valence-corrected chi connectivity index (χ1v) is 7.40. The largest absolute Gasteiger partial charge is 0.372 e. The Balaban J connectivity index is 1.67. The van der Waals surface area contributed by atoms with Crippen molar-refractivity contribution in [1.29, 1.82) is 0 Å². The topological polar surface area (TPSA) is 56.1 Å². The van der Waals surface area contributed by atoms with Crippen molar-refractivity contribution in [3.8, 4) is 0 Å². The standard InChI is InChI=1S/C14H17N5O/c1-2-18-5-9(1)10(6-18)12-13-14(16-8-15-12)19-3-4-20-7-11(19)17-13/h8-10H,1-7H2. The van der Waals surface area contributed by atoms with Crippen LogP contribution in [0.3, 0.4) is 0 Å². The van der Waals surface area contributed by atoms with Crippen LogP contribution in [0.15, 0.2) is 6.33 Å². The van der Waals surface area contributed by atoms with Gasteiger partial charge in [0.1, 0.15) is 24.3 Å². The molecule has 3 unspecified atom stereocenters. The van der Waals surface area contributed by atoms with Gasteiger partial charge in [0.2, 0.25) is 0 Å². The highest BCUT2D eigenvalue weighted by Crippen LogP contribution is 2.40. The highest BCUT2D eigenvalue weighted by atomic mass is 16.5. The SMILES string of the molecule is c1nc(C2CN3CCC2C3)c2nc3n(c2n1)CCOC3. The van der Waals surface area contributed by atoms with E-state index in [-0.39, 0.29) is 0 Å². The van der Waals surface area contributed by atoms with E-state index in [1.54, 1.807) is 6.33 Å². The van der Waals surface area contributed by atoms with E-state index in [0.717, 1.165) is 48.3 Å². The van der Waals surface area contributed by atoms with Gasteiger partial charge in [0, 0.05) is 25.6 Å². The predicted molar refractivity (Wildman–Crippen MR) is 72.3 cm³/mol. The lowest BCUT2D eigenvalue weighted by atomic mass is 9.89. The van der Waals surface area contributed by atoms with E-state index >= 15 is 0 Å². The van der Waals surface area contributed by atoms with Crippen molar-refractivity contribution in [2.45, 2.75) is 25.5 Å². The molecule has 0 aromatic carbocycles. The summed E-state index contributed by atoms with van der Waals surface area (Å²) in [6, 6.07) is 0. The summed E-state index contributed by atoms with van der Waals surface area (Å²) in [6.07, 6.45) is 3.01. The van der Waals surface area contributed by atoms with Gasteiger partial charge >= 0.3 is 0 Å².